The number of ether oxygens (including phenoxy) is 1. The van der Waals surface area contributed by atoms with Gasteiger partial charge in [0, 0.05) is 13.0 Å². The molecule has 2 heteroatoms. The molecule has 1 aliphatic heterocycles. The van der Waals surface area contributed by atoms with E-state index in [0.717, 1.165) is 19.4 Å². The maximum absolute atomic E-state index is 9.78. The molecule has 1 saturated heterocycles. The van der Waals surface area contributed by atoms with Gasteiger partial charge in [-0.15, -0.1) is 12.3 Å². The zero-order chi connectivity index (χ0) is 8.16. The molecular formula is C9H14O2. The van der Waals surface area contributed by atoms with Gasteiger partial charge in [0.05, 0.1) is 12.2 Å². The van der Waals surface area contributed by atoms with Crippen LogP contribution in [0.4, 0.5) is 0 Å². The van der Waals surface area contributed by atoms with Crippen LogP contribution < -0.4 is 0 Å². The molecule has 0 amide bonds. The minimum absolute atomic E-state index is 0.453. The smallest absolute Gasteiger partial charge is 0.0890 e. The quantitative estimate of drug-likeness (QED) is 0.600. The van der Waals surface area contributed by atoms with Crippen molar-refractivity contribution in [3.8, 4) is 12.3 Å². The highest BCUT2D eigenvalue weighted by Gasteiger charge is 2.28. The summed E-state index contributed by atoms with van der Waals surface area (Å²) in [6.45, 7) is 1.23. The first-order chi connectivity index (χ1) is 5.27. The largest absolute Gasteiger partial charge is 0.387 e. The molecule has 1 heterocycles. The summed E-state index contributed by atoms with van der Waals surface area (Å²) in [4.78, 5) is 0. The number of hydrogen-bond donors (Lipinski definition) is 1. The average Bonchev–Trinajstić information content (AvgIpc) is 2.03. The minimum atomic E-state index is -0.634. The third-order valence-corrected chi connectivity index (χ3v) is 2.04. The Morgan fingerprint density at radius 3 is 3.00 bits per heavy atom. The SMILES string of the molecule is C#CCCC1(O)CCCOC1. The molecule has 0 bridgehead atoms. The van der Waals surface area contributed by atoms with Crippen LogP contribution in [0.25, 0.3) is 0 Å². The van der Waals surface area contributed by atoms with Crippen molar-refractivity contribution in [1.29, 1.82) is 0 Å². The van der Waals surface area contributed by atoms with Crippen LogP contribution in [0.1, 0.15) is 25.7 Å². The van der Waals surface area contributed by atoms with Gasteiger partial charge < -0.3 is 9.84 Å². The molecule has 62 valence electrons. The fourth-order valence-electron chi connectivity index (χ4n) is 1.34. The first-order valence-corrected chi connectivity index (χ1v) is 4.00. The summed E-state index contributed by atoms with van der Waals surface area (Å²) in [5.74, 6) is 2.52. The summed E-state index contributed by atoms with van der Waals surface area (Å²) < 4.78 is 5.16. The Labute approximate surface area is 67.6 Å². The summed E-state index contributed by atoms with van der Waals surface area (Å²) in [6, 6.07) is 0. The third kappa shape index (κ3) is 2.53. The van der Waals surface area contributed by atoms with Crippen LogP contribution in [-0.2, 0) is 4.74 Å². The van der Waals surface area contributed by atoms with Crippen LogP contribution >= 0.6 is 0 Å². The molecule has 0 radical (unpaired) electrons. The van der Waals surface area contributed by atoms with E-state index in [1.807, 2.05) is 0 Å². The highest BCUT2D eigenvalue weighted by molar-refractivity contribution is 4.90. The van der Waals surface area contributed by atoms with Crippen LogP contribution in [0, 0.1) is 12.3 Å². The highest BCUT2D eigenvalue weighted by atomic mass is 16.5. The Balaban J connectivity index is 2.32. The van der Waals surface area contributed by atoms with Crippen molar-refractivity contribution < 1.29 is 9.84 Å². The number of aliphatic hydroxyl groups is 1. The van der Waals surface area contributed by atoms with Gasteiger partial charge in [-0.2, -0.15) is 0 Å². The van der Waals surface area contributed by atoms with E-state index < -0.39 is 5.60 Å². The van der Waals surface area contributed by atoms with Gasteiger partial charge in [0.2, 0.25) is 0 Å². The molecule has 0 aromatic heterocycles. The van der Waals surface area contributed by atoms with Crippen LogP contribution in [-0.4, -0.2) is 23.9 Å². The molecule has 0 saturated carbocycles. The number of hydrogen-bond acceptors (Lipinski definition) is 2. The Bertz CT molecular complexity index is 151. The normalized spacial score (nSPS) is 31.3. The standard InChI is InChI=1S/C9H14O2/c1-2-3-5-9(10)6-4-7-11-8-9/h1,10H,3-8H2. The lowest BCUT2D eigenvalue weighted by Gasteiger charge is -2.31. The van der Waals surface area contributed by atoms with Gasteiger partial charge in [0.1, 0.15) is 0 Å². The fraction of sp³-hybridized carbons (Fsp3) is 0.778. The lowest BCUT2D eigenvalue weighted by atomic mass is 9.92. The third-order valence-electron chi connectivity index (χ3n) is 2.04. The minimum Gasteiger partial charge on any atom is -0.387 e. The van der Waals surface area contributed by atoms with E-state index in [-0.39, 0.29) is 0 Å². The summed E-state index contributed by atoms with van der Waals surface area (Å²) in [7, 11) is 0. The Kier molecular flexibility index (Phi) is 2.92. The monoisotopic (exact) mass is 154 g/mol. The van der Waals surface area contributed by atoms with E-state index in [9.17, 15) is 5.11 Å². The molecule has 11 heavy (non-hydrogen) atoms. The summed E-state index contributed by atoms with van der Waals surface area (Å²) in [5, 5.41) is 9.78. The highest BCUT2D eigenvalue weighted by Crippen LogP contribution is 2.23. The lowest BCUT2D eigenvalue weighted by Crippen LogP contribution is -2.38. The molecule has 0 aliphatic carbocycles. The molecule has 1 fully saturated rings. The molecular weight excluding hydrogens is 140 g/mol. The van der Waals surface area contributed by atoms with E-state index in [1.165, 1.54) is 0 Å². The van der Waals surface area contributed by atoms with E-state index in [4.69, 9.17) is 11.2 Å². The van der Waals surface area contributed by atoms with Gasteiger partial charge in [-0.3, -0.25) is 0 Å². The van der Waals surface area contributed by atoms with E-state index in [1.54, 1.807) is 0 Å². The van der Waals surface area contributed by atoms with Gasteiger partial charge in [-0.05, 0) is 19.3 Å². The van der Waals surface area contributed by atoms with Crippen LogP contribution in [0.15, 0.2) is 0 Å². The number of terminal acetylenes is 1. The summed E-state index contributed by atoms with van der Waals surface area (Å²) in [5.41, 5.74) is -0.634. The summed E-state index contributed by atoms with van der Waals surface area (Å²) >= 11 is 0. The molecule has 0 aromatic rings. The second-order valence-corrected chi connectivity index (χ2v) is 3.08. The van der Waals surface area contributed by atoms with Gasteiger partial charge in [0.25, 0.3) is 0 Å². The molecule has 0 spiro atoms. The fourth-order valence-corrected chi connectivity index (χ4v) is 1.34. The Morgan fingerprint density at radius 1 is 1.64 bits per heavy atom. The molecule has 1 N–H and O–H groups in total. The van der Waals surface area contributed by atoms with E-state index >= 15 is 0 Å². The topological polar surface area (TPSA) is 29.5 Å². The first-order valence-electron chi connectivity index (χ1n) is 4.00. The Morgan fingerprint density at radius 2 is 2.45 bits per heavy atom. The van der Waals surface area contributed by atoms with Gasteiger partial charge in [0.15, 0.2) is 0 Å². The molecule has 2 nitrogen and oxygen atoms in total. The second-order valence-electron chi connectivity index (χ2n) is 3.08. The maximum Gasteiger partial charge on any atom is 0.0890 e. The molecule has 1 atom stereocenters. The van der Waals surface area contributed by atoms with Crippen molar-refractivity contribution in [3.63, 3.8) is 0 Å². The second kappa shape index (κ2) is 3.75. The van der Waals surface area contributed by atoms with Crippen LogP contribution in [0.3, 0.4) is 0 Å². The zero-order valence-electron chi connectivity index (χ0n) is 6.68. The van der Waals surface area contributed by atoms with Crippen LogP contribution in [0.5, 0.6) is 0 Å². The average molecular weight is 154 g/mol. The van der Waals surface area contributed by atoms with E-state index in [2.05, 4.69) is 5.92 Å². The Hall–Kier alpha value is -0.520. The predicted octanol–water partition coefficient (Wildman–Crippen LogP) is 0.941. The summed E-state index contributed by atoms with van der Waals surface area (Å²) in [6.07, 6.45) is 8.19. The number of rotatable bonds is 2. The lowest BCUT2D eigenvalue weighted by molar-refractivity contribution is -0.0887. The van der Waals surface area contributed by atoms with Crippen molar-refractivity contribution in [1.82, 2.24) is 0 Å². The van der Waals surface area contributed by atoms with E-state index in [0.29, 0.717) is 19.4 Å². The van der Waals surface area contributed by atoms with Gasteiger partial charge in [-0.1, -0.05) is 0 Å². The van der Waals surface area contributed by atoms with Gasteiger partial charge in [-0.25, -0.2) is 0 Å². The van der Waals surface area contributed by atoms with Gasteiger partial charge >= 0.3 is 0 Å². The zero-order valence-corrected chi connectivity index (χ0v) is 6.68. The van der Waals surface area contributed by atoms with Crippen LogP contribution in [0.2, 0.25) is 0 Å². The van der Waals surface area contributed by atoms with Crippen molar-refractivity contribution in [2.24, 2.45) is 0 Å². The maximum atomic E-state index is 9.78. The predicted molar refractivity (Wildman–Crippen MR) is 43.1 cm³/mol. The molecule has 1 unspecified atom stereocenters. The molecule has 1 rings (SSSR count). The van der Waals surface area contributed by atoms with Crippen molar-refractivity contribution in [3.05, 3.63) is 0 Å². The molecule has 0 aromatic carbocycles. The van der Waals surface area contributed by atoms with Crippen molar-refractivity contribution >= 4 is 0 Å². The van der Waals surface area contributed by atoms with Crippen molar-refractivity contribution in [2.75, 3.05) is 13.2 Å². The molecule has 1 aliphatic rings. The van der Waals surface area contributed by atoms with Crippen molar-refractivity contribution in [2.45, 2.75) is 31.3 Å². The first kappa shape index (κ1) is 8.58.